The Balaban J connectivity index is 2.07. The summed E-state index contributed by atoms with van der Waals surface area (Å²) in [5.74, 6) is -0.576. The second-order valence-electron chi connectivity index (χ2n) is 11.3. The molecule has 3 rings (SSSR count). The van der Waals surface area contributed by atoms with Gasteiger partial charge in [-0.1, -0.05) is 0 Å². The maximum Gasteiger partial charge on any atom is 0.338 e. The number of hydrogen-bond donors (Lipinski definition) is 1. The highest BCUT2D eigenvalue weighted by Crippen LogP contribution is 2.55. The quantitative estimate of drug-likeness (QED) is 0.414. The number of aliphatic hydroxyl groups is 1. The predicted octanol–water partition coefficient (Wildman–Crippen LogP) is 4.24. The van der Waals surface area contributed by atoms with Crippen LogP contribution in [0.15, 0.2) is 11.1 Å². The normalized spacial score (nSPS) is 41.6. The maximum absolute atomic E-state index is 12.4. The first kappa shape index (κ1) is 22.2. The maximum atomic E-state index is 12.4. The van der Waals surface area contributed by atoms with Crippen molar-refractivity contribution in [2.75, 3.05) is 0 Å². The summed E-state index contributed by atoms with van der Waals surface area (Å²) in [6.45, 7) is 19.2. The molecule has 28 heavy (non-hydrogen) atoms. The predicted molar refractivity (Wildman–Crippen MR) is 115 cm³/mol. The molecule has 0 unspecified atom stereocenters. The smallest absolute Gasteiger partial charge is 0.338 e. The van der Waals surface area contributed by atoms with Crippen LogP contribution in [0.25, 0.3) is 0 Å². The molecular weight excluding hydrogens is 388 g/mol. The zero-order valence-corrected chi connectivity index (χ0v) is 21.0. The minimum absolute atomic E-state index is 0.0410. The second-order valence-corrected chi connectivity index (χ2v) is 20.2. The van der Waals surface area contributed by atoms with Gasteiger partial charge in [-0.3, -0.25) is 0 Å². The van der Waals surface area contributed by atoms with Gasteiger partial charge in [0.1, 0.15) is 6.10 Å². The fraction of sp³-hybridized carbons (Fsp3) is 0.857. The molecule has 6 atom stereocenters. The Hall–Kier alpha value is -0.476. The third-order valence-electron chi connectivity index (χ3n) is 6.53. The van der Waals surface area contributed by atoms with Crippen molar-refractivity contribution in [3.8, 4) is 0 Å². The average Bonchev–Trinajstić information content (AvgIpc) is 2.85. The third kappa shape index (κ3) is 3.93. The fourth-order valence-corrected chi connectivity index (χ4v) is 8.23. The Kier molecular flexibility index (Phi) is 5.37. The van der Waals surface area contributed by atoms with Crippen LogP contribution in [-0.4, -0.2) is 51.1 Å². The lowest BCUT2D eigenvalue weighted by atomic mass is 9.81. The van der Waals surface area contributed by atoms with Crippen molar-refractivity contribution in [3.05, 3.63) is 11.1 Å². The third-order valence-corrected chi connectivity index (χ3v) is 8.60. The lowest BCUT2D eigenvalue weighted by Crippen LogP contribution is -2.46. The van der Waals surface area contributed by atoms with E-state index < -0.39 is 28.2 Å². The summed E-state index contributed by atoms with van der Waals surface area (Å²) in [5.41, 5.74) is 0.564. The number of carbonyl (C=O) groups is 1. The minimum Gasteiger partial charge on any atom is -0.455 e. The molecule has 160 valence electrons. The van der Waals surface area contributed by atoms with Crippen molar-refractivity contribution in [2.45, 2.75) is 103 Å². The van der Waals surface area contributed by atoms with E-state index in [-0.39, 0.29) is 29.6 Å². The molecule has 3 aliphatic rings. The molecule has 0 radical (unpaired) electrons. The monoisotopic (exact) mass is 426 g/mol. The van der Waals surface area contributed by atoms with E-state index in [1.54, 1.807) is 6.92 Å². The van der Waals surface area contributed by atoms with Crippen LogP contribution in [0.1, 0.15) is 40.0 Å². The molecule has 2 fully saturated rings. The summed E-state index contributed by atoms with van der Waals surface area (Å²) in [7, 11) is -3.53. The Morgan fingerprint density at radius 2 is 1.71 bits per heavy atom. The highest BCUT2D eigenvalue weighted by molar-refractivity contribution is 6.70. The van der Waals surface area contributed by atoms with Crippen molar-refractivity contribution in [1.29, 1.82) is 0 Å². The van der Waals surface area contributed by atoms with E-state index in [1.165, 1.54) is 5.57 Å². The molecule has 2 aliphatic carbocycles. The largest absolute Gasteiger partial charge is 0.455 e. The summed E-state index contributed by atoms with van der Waals surface area (Å²) in [5, 5.41) is 10.9. The first-order valence-electron chi connectivity index (χ1n) is 10.6. The highest BCUT2D eigenvalue weighted by Gasteiger charge is 2.61. The van der Waals surface area contributed by atoms with Crippen LogP contribution < -0.4 is 0 Å². The van der Waals surface area contributed by atoms with E-state index in [2.05, 4.69) is 53.1 Å². The van der Waals surface area contributed by atoms with Gasteiger partial charge in [-0.15, -0.1) is 0 Å². The van der Waals surface area contributed by atoms with Gasteiger partial charge in [-0.2, -0.15) is 0 Å². The molecule has 0 spiro atoms. The zero-order chi connectivity index (χ0) is 21.3. The van der Waals surface area contributed by atoms with Gasteiger partial charge in [0.15, 0.2) is 22.2 Å². The summed E-state index contributed by atoms with van der Waals surface area (Å²) in [6, 6.07) is 0. The molecule has 1 aliphatic heterocycles. The van der Waals surface area contributed by atoms with E-state index in [0.717, 1.165) is 24.8 Å². The molecule has 0 amide bonds. The van der Waals surface area contributed by atoms with Gasteiger partial charge in [0.25, 0.3) is 0 Å². The van der Waals surface area contributed by atoms with Gasteiger partial charge < -0.3 is 18.7 Å². The second kappa shape index (κ2) is 6.77. The molecule has 5 nitrogen and oxygen atoms in total. The number of hydrogen-bond acceptors (Lipinski definition) is 5. The van der Waals surface area contributed by atoms with Crippen LogP contribution in [0.4, 0.5) is 0 Å². The van der Waals surface area contributed by atoms with Crippen LogP contribution in [0.2, 0.25) is 39.3 Å². The van der Waals surface area contributed by atoms with E-state index >= 15 is 0 Å². The molecule has 0 aromatic rings. The summed E-state index contributed by atoms with van der Waals surface area (Å²) < 4.78 is 19.1. The first-order valence-corrected chi connectivity index (χ1v) is 17.4. The number of ether oxygens (including phenoxy) is 1. The lowest BCUT2D eigenvalue weighted by Gasteiger charge is -2.41. The van der Waals surface area contributed by atoms with E-state index in [1.807, 2.05) is 0 Å². The SMILES string of the molecule is CC1=C2[C@H]3OC(=O)[C@](C)(O)[C@@H]3CC[C@@](C)(O[Si](C)(C)C)[C@@H]2C[C@@H]1O[Si](C)(C)C. The van der Waals surface area contributed by atoms with Crippen molar-refractivity contribution in [2.24, 2.45) is 11.8 Å². The van der Waals surface area contributed by atoms with Gasteiger partial charge in [0, 0.05) is 11.8 Å². The molecule has 0 bridgehead atoms. The molecule has 7 heteroatoms. The van der Waals surface area contributed by atoms with Crippen molar-refractivity contribution < 1.29 is 23.5 Å². The Labute approximate surface area is 172 Å². The van der Waals surface area contributed by atoms with Gasteiger partial charge in [-0.25, -0.2) is 4.79 Å². The van der Waals surface area contributed by atoms with Crippen molar-refractivity contribution in [3.63, 3.8) is 0 Å². The standard InChI is InChI=1S/C21H38O5Si2/c1-13-16(25-27(4,5)6)12-15-17(13)18-14(21(3,23)19(22)24-18)10-11-20(15,2)26-28(7,8)9/h14-16,18,23H,10-12H2,1-9H3/t14-,15-,16+,18+,20-,21-/m1/s1. The van der Waals surface area contributed by atoms with Gasteiger partial charge in [-0.05, 0) is 90.5 Å². The molecule has 0 aromatic carbocycles. The Morgan fingerprint density at radius 3 is 2.25 bits per heavy atom. The van der Waals surface area contributed by atoms with Crippen molar-refractivity contribution in [1.82, 2.24) is 0 Å². The molecular formula is C21H38O5Si2. The van der Waals surface area contributed by atoms with Gasteiger partial charge in [0.05, 0.1) is 11.7 Å². The number of esters is 1. The molecule has 1 N–H and O–H groups in total. The number of fused-ring (bicyclic) bond motifs is 3. The Morgan fingerprint density at radius 1 is 1.11 bits per heavy atom. The Bertz CT molecular complexity index is 688. The molecule has 1 heterocycles. The van der Waals surface area contributed by atoms with Crippen LogP contribution >= 0.6 is 0 Å². The molecule has 0 aromatic heterocycles. The highest BCUT2D eigenvalue weighted by atomic mass is 28.4. The fourth-order valence-electron chi connectivity index (χ4n) is 5.46. The minimum atomic E-state index is -1.80. The first-order chi connectivity index (χ1) is 12.6. The van der Waals surface area contributed by atoms with Crippen LogP contribution in [0.5, 0.6) is 0 Å². The van der Waals surface area contributed by atoms with Crippen LogP contribution in [0.3, 0.4) is 0 Å². The summed E-state index contributed by atoms with van der Waals surface area (Å²) >= 11 is 0. The number of carbonyl (C=O) groups excluding carboxylic acids is 1. The van der Waals surface area contributed by atoms with Gasteiger partial charge in [0.2, 0.25) is 0 Å². The topological polar surface area (TPSA) is 65.0 Å². The van der Waals surface area contributed by atoms with Crippen LogP contribution in [-0.2, 0) is 18.4 Å². The molecule has 1 saturated heterocycles. The van der Waals surface area contributed by atoms with Gasteiger partial charge >= 0.3 is 5.97 Å². The molecule has 1 saturated carbocycles. The number of rotatable bonds is 4. The van der Waals surface area contributed by atoms with E-state index in [0.29, 0.717) is 0 Å². The van der Waals surface area contributed by atoms with Crippen molar-refractivity contribution >= 4 is 22.6 Å². The van der Waals surface area contributed by atoms with E-state index in [4.69, 9.17) is 13.6 Å². The summed E-state index contributed by atoms with van der Waals surface area (Å²) in [6.07, 6.45) is 2.08. The van der Waals surface area contributed by atoms with Crippen LogP contribution in [0, 0.1) is 11.8 Å². The summed E-state index contributed by atoms with van der Waals surface area (Å²) in [4.78, 5) is 12.4. The zero-order valence-electron chi connectivity index (χ0n) is 19.0. The average molecular weight is 427 g/mol. The van der Waals surface area contributed by atoms with E-state index in [9.17, 15) is 9.90 Å². The lowest BCUT2D eigenvalue weighted by molar-refractivity contribution is -0.154.